The molecule has 0 saturated carbocycles. The van der Waals surface area contributed by atoms with Gasteiger partial charge in [0.2, 0.25) is 5.95 Å². The van der Waals surface area contributed by atoms with Crippen molar-refractivity contribution in [1.29, 1.82) is 0 Å². The normalized spacial score (nSPS) is 16.6. The minimum absolute atomic E-state index is 0.215. The molecule has 1 unspecified atom stereocenters. The summed E-state index contributed by atoms with van der Waals surface area (Å²) in [6.07, 6.45) is 4.12. The van der Waals surface area contributed by atoms with E-state index < -0.39 is 10.0 Å². The fraction of sp³-hybridized carbons (Fsp3) is 0.182. The maximum atomic E-state index is 13.4. The summed E-state index contributed by atoms with van der Waals surface area (Å²) in [4.78, 5) is 9.15. The Kier molecular flexibility index (Phi) is 5.13. The Bertz CT molecular complexity index is 1350. The lowest BCUT2D eigenvalue weighted by molar-refractivity contribution is 0.589. The first-order valence-corrected chi connectivity index (χ1v) is 11.8. The molecule has 0 aliphatic carbocycles. The second-order valence-electron chi connectivity index (χ2n) is 7.40. The lowest BCUT2D eigenvalue weighted by atomic mass is 10.1. The molecule has 0 amide bonds. The van der Waals surface area contributed by atoms with Gasteiger partial charge in [-0.2, -0.15) is 0 Å². The summed E-state index contributed by atoms with van der Waals surface area (Å²) in [7, 11) is -3.79. The number of aromatic nitrogens is 3. The van der Waals surface area contributed by atoms with Gasteiger partial charge in [-0.3, -0.25) is 0 Å². The molecule has 2 aromatic heterocycles. The third kappa shape index (κ3) is 3.67. The average Bonchev–Trinajstić information content (AvgIpc) is 3.44. The van der Waals surface area contributed by atoms with Crippen LogP contribution in [-0.2, 0) is 10.0 Å². The topological polar surface area (TPSA) is 88.9 Å². The van der Waals surface area contributed by atoms with E-state index in [0.717, 1.165) is 24.9 Å². The summed E-state index contributed by atoms with van der Waals surface area (Å²) in [5.41, 5.74) is 1.68. The van der Waals surface area contributed by atoms with Gasteiger partial charge >= 0.3 is 0 Å². The van der Waals surface area contributed by atoms with E-state index in [9.17, 15) is 8.42 Å². The zero-order chi connectivity index (χ0) is 21.4. The molecule has 4 aromatic rings. The number of anilines is 1. The zero-order valence-corrected chi connectivity index (χ0v) is 18.1. The first-order valence-electron chi connectivity index (χ1n) is 9.95. The van der Waals surface area contributed by atoms with Crippen molar-refractivity contribution in [1.82, 2.24) is 19.3 Å². The largest absolute Gasteiger partial charge is 0.350 e. The summed E-state index contributed by atoms with van der Waals surface area (Å²) in [6.45, 7) is 1.79. The first kappa shape index (κ1) is 20.0. The lowest BCUT2D eigenvalue weighted by Crippen LogP contribution is -2.23. The van der Waals surface area contributed by atoms with Gasteiger partial charge in [0.1, 0.15) is 0 Å². The quantitative estimate of drug-likeness (QED) is 0.478. The Morgan fingerprint density at radius 1 is 1.10 bits per heavy atom. The number of hydrogen-bond donors (Lipinski definition) is 2. The van der Waals surface area contributed by atoms with Crippen molar-refractivity contribution in [2.75, 3.05) is 18.4 Å². The van der Waals surface area contributed by atoms with Crippen LogP contribution in [0.1, 0.15) is 6.42 Å². The van der Waals surface area contributed by atoms with E-state index >= 15 is 0 Å². The van der Waals surface area contributed by atoms with Crippen LogP contribution in [0.3, 0.4) is 0 Å². The third-order valence-electron chi connectivity index (χ3n) is 5.37. The highest BCUT2D eigenvalue weighted by Gasteiger charge is 2.23. The maximum Gasteiger partial charge on any atom is 0.268 e. The molecule has 1 atom stereocenters. The van der Waals surface area contributed by atoms with Crippen molar-refractivity contribution in [2.45, 2.75) is 17.4 Å². The number of hydrogen-bond acceptors (Lipinski definition) is 6. The summed E-state index contributed by atoms with van der Waals surface area (Å²) in [5.74, 6) is 0.468. The molecule has 158 valence electrons. The smallest absolute Gasteiger partial charge is 0.268 e. The highest BCUT2D eigenvalue weighted by molar-refractivity contribution is 7.90. The molecule has 1 aliphatic heterocycles. The second-order valence-corrected chi connectivity index (χ2v) is 9.62. The molecule has 2 N–H and O–H groups in total. The summed E-state index contributed by atoms with van der Waals surface area (Å²) >= 11 is 6.46. The highest BCUT2D eigenvalue weighted by Crippen LogP contribution is 2.35. The molecule has 1 saturated heterocycles. The average molecular weight is 454 g/mol. The highest BCUT2D eigenvalue weighted by atomic mass is 35.5. The van der Waals surface area contributed by atoms with E-state index in [4.69, 9.17) is 11.6 Å². The number of halogens is 1. The molecule has 1 fully saturated rings. The number of nitrogens with one attached hydrogen (secondary N) is 2. The Morgan fingerprint density at radius 2 is 1.87 bits per heavy atom. The molecular weight excluding hydrogens is 434 g/mol. The maximum absolute atomic E-state index is 13.4. The fourth-order valence-electron chi connectivity index (χ4n) is 3.83. The minimum Gasteiger partial charge on any atom is -0.350 e. The van der Waals surface area contributed by atoms with Gasteiger partial charge in [0.15, 0.2) is 0 Å². The van der Waals surface area contributed by atoms with Crippen molar-refractivity contribution in [3.05, 3.63) is 72.0 Å². The van der Waals surface area contributed by atoms with Gasteiger partial charge in [0.25, 0.3) is 10.0 Å². The standard InChI is InChI=1S/C22H20ClN5O2S/c23-19-13-25-22(26-15-10-11-24-12-15)27-21(19)18-14-28(20-9-5-4-8-17(18)20)31(29,30)16-6-2-1-3-7-16/h1-9,13-15,24H,10-12H2,(H,25,26,27). The number of para-hydroxylation sites is 1. The van der Waals surface area contributed by atoms with Crippen LogP contribution in [0.5, 0.6) is 0 Å². The Labute approximate surface area is 185 Å². The Morgan fingerprint density at radius 3 is 2.65 bits per heavy atom. The molecule has 0 spiro atoms. The van der Waals surface area contributed by atoms with Crippen molar-refractivity contribution in [2.24, 2.45) is 0 Å². The Balaban J connectivity index is 1.65. The van der Waals surface area contributed by atoms with Gasteiger partial charge < -0.3 is 10.6 Å². The van der Waals surface area contributed by atoms with Crippen molar-refractivity contribution < 1.29 is 8.42 Å². The molecule has 0 bridgehead atoms. The SMILES string of the molecule is O=S(=O)(c1ccccc1)n1cc(-c2nc(NC3CCNC3)ncc2Cl)c2ccccc21. The van der Waals surface area contributed by atoms with Crippen molar-refractivity contribution >= 4 is 38.5 Å². The molecule has 9 heteroatoms. The van der Waals surface area contributed by atoms with E-state index in [0.29, 0.717) is 27.7 Å². The van der Waals surface area contributed by atoms with Crippen LogP contribution in [0.25, 0.3) is 22.2 Å². The minimum atomic E-state index is -3.79. The van der Waals surface area contributed by atoms with Gasteiger partial charge in [-0.05, 0) is 31.2 Å². The molecule has 5 rings (SSSR count). The van der Waals surface area contributed by atoms with Gasteiger partial charge in [0, 0.05) is 29.7 Å². The number of nitrogens with zero attached hydrogens (tertiary/aromatic N) is 3. The molecule has 3 heterocycles. The van der Waals surface area contributed by atoms with Crippen molar-refractivity contribution in [3.63, 3.8) is 0 Å². The van der Waals surface area contributed by atoms with E-state index in [2.05, 4.69) is 20.6 Å². The predicted octanol–water partition coefficient (Wildman–Crippen LogP) is 3.76. The summed E-state index contributed by atoms with van der Waals surface area (Å²) in [5, 5.41) is 7.72. The van der Waals surface area contributed by atoms with Crippen LogP contribution in [0.2, 0.25) is 5.02 Å². The summed E-state index contributed by atoms with van der Waals surface area (Å²) in [6, 6.07) is 15.9. The fourth-order valence-corrected chi connectivity index (χ4v) is 5.41. The second kappa shape index (κ2) is 7.96. The molecule has 31 heavy (non-hydrogen) atoms. The molecular formula is C22H20ClN5O2S. The third-order valence-corrected chi connectivity index (χ3v) is 7.34. The number of rotatable bonds is 5. The van der Waals surface area contributed by atoms with Gasteiger partial charge in [-0.15, -0.1) is 0 Å². The monoisotopic (exact) mass is 453 g/mol. The number of fused-ring (bicyclic) bond motifs is 1. The Hall–Kier alpha value is -2.94. The van der Waals surface area contributed by atoms with Crippen LogP contribution in [0, 0.1) is 0 Å². The zero-order valence-electron chi connectivity index (χ0n) is 16.5. The molecule has 2 aromatic carbocycles. The van der Waals surface area contributed by atoms with Crippen LogP contribution >= 0.6 is 11.6 Å². The van der Waals surface area contributed by atoms with E-state index in [1.54, 1.807) is 48.8 Å². The van der Waals surface area contributed by atoms with Crippen molar-refractivity contribution in [3.8, 4) is 11.3 Å². The summed E-state index contributed by atoms with van der Waals surface area (Å²) < 4.78 is 28.0. The molecule has 7 nitrogen and oxygen atoms in total. The van der Waals surface area contributed by atoms with Gasteiger partial charge in [-0.1, -0.05) is 48.0 Å². The molecule has 1 aliphatic rings. The first-order chi connectivity index (χ1) is 15.0. The van der Waals surface area contributed by atoms with E-state index in [1.165, 1.54) is 3.97 Å². The van der Waals surface area contributed by atoms with Gasteiger partial charge in [-0.25, -0.2) is 22.4 Å². The molecule has 0 radical (unpaired) electrons. The lowest BCUT2D eigenvalue weighted by Gasteiger charge is -2.12. The predicted molar refractivity (Wildman–Crippen MR) is 122 cm³/mol. The number of benzene rings is 2. The van der Waals surface area contributed by atoms with E-state index in [-0.39, 0.29) is 10.9 Å². The van der Waals surface area contributed by atoms with E-state index in [1.807, 2.05) is 18.2 Å². The van der Waals surface area contributed by atoms with Crippen LogP contribution in [0.15, 0.2) is 71.9 Å². The van der Waals surface area contributed by atoms with Gasteiger partial charge in [0.05, 0.1) is 27.3 Å². The van der Waals surface area contributed by atoms with Crippen LogP contribution in [-0.4, -0.2) is 41.5 Å². The van der Waals surface area contributed by atoms with Crippen LogP contribution in [0.4, 0.5) is 5.95 Å². The van der Waals surface area contributed by atoms with Crippen LogP contribution < -0.4 is 10.6 Å².